The van der Waals surface area contributed by atoms with Crippen LogP contribution >= 0.6 is 0 Å². The lowest BCUT2D eigenvalue weighted by Crippen LogP contribution is -2.04. The first kappa shape index (κ1) is 8.93. The van der Waals surface area contributed by atoms with Crippen LogP contribution in [0.4, 0.5) is 5.69 Å². The van der Waals surface area contributed by atoms with Crippen LogP contribution in [0.5, 0.6) is 0 Å². The third kappa shape index (κ3) is 3.30. The van der Waals surface area contributed by atoms with Crippen LogP contribution < -0.4 is 5.32 Å². The monoisotopic (exact) mass is 167 g/mol. The molecule has 0 radical (unpaired) electrons. The van der Waals surface area contributed by atoms with Crippen molar-refractivity contribution in [2.75, 3.05) is 25.6 Å². The minimum absolute atomic E-state index is 0.778. The van der Waals surface area contributed by atoms with Gasteiger partial charge >= 0.3 is 0 Å². The Hall–Kier alpha value is -1.16. The van der Waals surface area contributed by atoms with E-state index < -0.39 is 0 Å². The zero-order valence-electron chi connectivity index (χ0n) is 7.16. The van der Waals surface area contributed by atoms with Crippen molar-refractivity contribution in [2.45, 2.75) is 6.42 Å². The first-order chi connectivity index (χ1) is 5.93. The fourth-order valence-corrected chi connectivity index (χ4v) is 0.840. The molecule has 1 aromatic rings. The first-order valence-corrected chi connectivity index (χ1v) is 3.91. The molecule has 0 aliphatic rings. The lowest BCUT2D eigenvalue weighted by atomic mass is 10.4. The fraction of sp³-hybridized carbons (Fsp3) is 0.500. The highest BCUT2D eigenvalue weighted by Crippen LogP contribution is 1.99. The summed E-state index contributed by atoms with van der Waals surface area (Å²) < 4.78 is 4.91. The molecule has 1 rings (SSSR count). The van der Waals surface area contributed by atoms with Crippen LogP contribution in [0.15, 0.2) is 18.7 Å². The van der Waals surface area contributed by atoms with Gasteiger partial charge in [-0.1, -0.05) is 0 Å². The van der Waals surface area contributed by atoms with Gasteiger partial charge in [0.05, 0.1) is 18.1 Å². The molecule has 66 valence electrons. The molecule has 0 amide bonds. The van der Waals surface area contributed by atoms with Gasteiger partial charge < -0.3 is 10.1 Å². The number of methoxy groups -OCH3 is 1. The Morgan fingerprint density at radius 1 is 1.42 bits per heavy atom. The van der Waals surface area contributed by atoms with E-state index in [1.807, 2.05) is 0 Å². The number of rotatable bonds is 5. The van der Waals surface area contributed by atoms with E-state index in [2.05, 4.69) is 15.3 Å². The average molecular weight is 167 g/mol. The van der Waals surface area contributed by atoms with Gasteiger partial charge in [-0.15, -0.1) is 0 Å². The summed E-state index contributed by atoms with van der Waals surface area (Å²) in [5, 5.41) is 3.17. The highest BCUT2D eigenvalue weighted by Gasteiger charge is 1.89. The molecule has 0 aliphatic heterocycles. The summed E-state index contributed by atoms with van der Waals surface area (Å²) >= 11 is 0. The smallest absolute Gasteiger partial charge is 0.115 e. The number of hydrogen-bond acceptors (Lipinski definition) is 4. The zero-order chi connectivity index (χ0) is 8.65. The van der Waals surface area contributed by atoms with Gasteiger partial charge in [0.15, 0.2) is 0 Å². The number of nitrogens with one attached hydrogen (secondary N) is 1. The van der Waals surface area contributed by atoms with Crippen molar-refractivity contribution in [2.24, 2.45) is 0 Å². The average Bonchev–Trinajstić information content (AvgIpc) is 2.14. The summed E-state index contributed by atoms with van der Waals surface area (Å²) in [6.45, 7) is 1.67. The van der Waals surface area contributed by atoms with Gasteiger partial charge in [-0.2, -0.15) is 0 Å². The molecule has 12 heavy (non-hydrogen) atoms. The maximum Gasteiger partial charge on any atom is 0.115 e. The molecule has 0 atom stereocenters. The highest BCUT2D eigenvalue weighted by atomic mass is 16.5. The predicted molar refractivity (Wildman–Crippen MR) is 47.0 cm³/mol. The molecule has 1 N–H and O–H groups in total. The largest absolute Gasteiger partial charge is 0.385 e. The molecular formula is C8H13N3O. The van der Waals surface area contributed by atoms with Gasteiger partial charge in [-0.05, 0) is 6.42 Å². The number of hydrogen-bond donors (Lipinski definition) is 1. The van der Waals surface area contributed by atoms with Crippen LogP contribution in [0, 0.1) is 0 Å². The molecule has 0 aromatic carbocycles. The van der Waals surface area contributed by atoms with Crippen LogP contribution in [0.3, 0.4) is 0 Å². The van der Waals surface area contributed by atoms with Crippen LogP contribution in [-0.2, 0) is 4.74 Å². The standard InChI is InChI=1S/C8H13N3O/c1-12-4-2-3-11-8-5-9-7-10-6-8/h5-7,11H,2-4H2,1H3. The second-order valence-corrected chi connectivity index (χ2v) is 2.40. The Morgan fingerprint density at radius 2 is 2.17 bits per heavy atom. The third-order valence-electron chi connectivity index (χ3n) is 1.41. The minimum Gasteiger partial charge on any atom is -0.385 e. The maximum absolute atomic E-state index is 4.91. The van der Waals surface area contributed by atoms with E-state index in [4.69, 9.17) is 4.74 Å². The van der Waals surface area contributed by atoms with Gasteiger partial charge in [-0.25, -0.2) is 9.97 Å². The first-order valence-electron chi connectivity index (χ1n) is 3.91. The Labute approximate surface area is 72.0 Å². The molecule has 0 aliphatic carbocycles. The lowest BCUT2D eigenvalue weighted by Gasteiger charge is -2.03. The van der Waals surface area contributed by atoms with Crippen molar-refractivity contribution in [1.82, 2.24) is 9.97 Å². The van der Waals surface area contributed by atoms with Crippen LogP contribution in [0.1, 0.15) is 6.42 Å². The maximum atomic E-state index is 4.91. The van der Waals surface area contributed by atoms with Crippen molar-refractivity contribution in [3.8, 4) is 0 Å². The Bertz CT molecular complexity index is 203. The quantitative estimate of drug-likeness (QED) is 0.662. The molecule has 0 unspecified atom stereocenters. The normalized spacial score (nSPS) is 9.75. The SMILES string of the molecule is COCCCNc1cncnc1. The summed E-state index contributed by atoms with van der Waals surface area (Å²) in [5.41, 5.74) is 0.952. The number of anilines is 1. The Morgan fingerprint density at radius 3 is 2.83 bits per heavy atom. The second kappa shape index (κ2) is 5.49. The lowest BCUT2D eigenvalue weighted by molar-refractivity contribution is 0.198. The third-order valence-corrected chi connectivity index (χ3v) is 1.41. The zero-order valence-corrected chi connectivity index (χ0v) is 7.16. The molecule has 0 fully saturated rings. The molecule has 0 spiro atoms. The van der Waals surface area contributed by atoms with E-state index in [9.17, 15) is 0 Å². The number of ether oxygens (including phenoxy) is 1. The van der Waals surface area contributed by atoms with Crippen LogP contribution in [-0.4, -0.2) is 30.2 Å². The van der Waals surface area contributed by atoms with Crippen LogP contribution in [0.2, 0.25) is 0 Å². The van der Waals surface area contributed by atoms with Gasteiger partial charge in [-0.3, -0.25) is 0 Å². The Balaban J connectivity index is 2.16. The second-order valence-electron chi connectivity index (χ2n) is 2.40. The van der Waals surface area contributed by atoms with Crippen molar-refractivity contribution in [3.05, 3.63) is 18.7 Å². The van der Waals surface area contributed by atoms with E-state index in [0.717, 1.165) is 25.3 Å². The summed E-state index contributed by atoms with van der Waals surface area (Å²) in [6, 6.07) is 0. The summed E-state index contributed by atoms with van der Waals surface area (Å²) in [5.74, 6) is 0. The van der Waals surface area contributed by atoms with Gasteiger partial charge in [0.25, 0.3) is 0 Å². The van der Waals surface area contributed by atoms with Gasteiger partial charge in [0.2, 0.25) is 0 Å². The number of aromatic nitrogens is 2. The molecule has 1 aromatic heterocycles. The molecular weight excluding hydrogens is 154 g/mol. The van der Waals surface area contributed by atoms with E-state index in [-0.39, 0.29) is 0 Å². The fourth-order valence-electron chi connectivity index (χ4n) is 0.840. The van der Waals surface area contributed by atoms with E-state index in [0.29, 0.717) is 0 Å². The van der Waals surface area contributed by atoms with Crippen molar-refractivity contribution in [3.63, 3.8) is 0 Å². The molecule has 4 nitrogen and oxygen atoms in total. The number of nitrogens with zero attached hydrogens (tertiary/aromatic N) is 2. The molecule has 4 heteroatoms. The van der Waals surface area contributed by atoms with E-state index in [1.165, 1.54) is 6.33 Å². The summed E-state index contributed by atoms with van der Waals surface area (Å²) in [7, 11) is 1.70. The van der Waals surface area contributed by atoms with E-state index in [1.54, 1.807) is 19.5 Å². The molecule has 0 bridgehead atoms. The summed E-state index contributed by atoms with van der Waals surface area (Å²) in [4.78, 5) is 7.76. The van der Waals surface area contributed by atoms with Crippen molar-refractivity contribution < 1.29 is 4.74 Å². The minimum atomic E-state index is 0.778. The van der Waals surface area contributed by atoms with Gasteiger partial charge in [0.1, 0.15) is 6.33 Å². The Kier molecular flexibility index (Phi) is 4.08. The van der Waals surface area contributed by atoms with Gasteiger partial charge in [0, 0.05) is 20.3 Å². The topological polar surface area (TPSA) is 47.0 Å². The molecule has 1 heterocycles. The van der Waals surface area contributed by atoms with Crippen LogP contribution in [0.25, 0.3) is 0 Å². The van der Waals surface area contributed by atoms with E-state index >= 15 is 0 Å². The van der Waals surface area contributed by atoms with Crippen molar-refractivity contribution >= 4 is 5.69 Å². The molecule has 0 saturated heterocycles. The highest BCUT2D eigenvalue weighted by molar-refractivity contribution is 5.36. The summed E-state index contributed by atoms with van der Waals surface area (Å²) in [6.07, 6.45) is 6.01. The molecule has 0 saturated carbocycles. The van der Waals surface area contributed by atoms with Crippen molar-refractivity contribution in [1.29, 1.82) is 0 Å². The predicted octanol–water partition coefficient (Wildman–Crippen LogP) is 0.925.